The third kappa shape index (κ3) is 5.98. The molecule has 1 aliphatic heterocycles. The normalized spacial score (nSPS) is 14.3. The average Bonchev–Trinajstić information content (AvgIpc) is 3.30. The van der Waals surface area contributed by atoms with Crippen molar-refractivity contribution in [1.82, 2.24) is 19.9 Å². The standard InChI is InChI=1S/C23H27ClN6O2S/c1-16-6-9-25-21(14-16)28-20-5-3-4-18(27-20)19-15-26-23(33-19)30(12-13-32-2)17-7-10-29(11-8-17)22(24)31/h3-6,9,14-15,17H,7-8,10-13H2,1-2H3,(H,25,27,28). The van der Waals surface area contributed by atoms with Gasteiger partial charge < -0.3 is 19.9 Å². The summed E-state index contributed by atoms with van der Waals surface area (Å²) in [5.41, 5.74) is 1.99. The Labute approximate surface area is 202 Å². The predicted octanol–water partition coefficient (Wildman–Crippen LogP) is 4.93. The summed E-state index contributed by atoms with van der Waals surface area (Å²) in [6, 6.07) is 10.1. The van der Waals surface area contributed by atoms with Crippen LogP contribution in [0.5, 0.6) is 0 Å². The number of hydrogen-bond acceptors (Lipinski definition) is 8. The number of hydrogen-bond donors (Lipinski definition) is 1. The van der Waals surface area contributed by atoms with Crippen molar-refractivity contribution in [3.63, 3.8) is 0 Å². The van der Waals surface area contributed by atoms with E-state index in [1.165, 1.54) is 0 Å². The SMILES string of the molecule is COCCN(c1ncc(-c2cccc(Nc3cc(C)ccn3)n2)s1)C1CCN(C(=O)Cl)CC1. The fraction of sp³-hybridized carbons (Fsp3) is 0.391. The first-order valence-electron chi connectivity index (χ1n) is 10.9. The Kier molecular flexibility index (Phi) is 7.74. The van der Waals surface area contributed by atoms with E-state index in [0.717, 1.165) is 52.3 Å². The Bertz CT molecular complexity index is 1090. The van der Waals surface area contributed by atoms with Crippen LogP contribution < -0.4 is 10.2 Å². The maximum Gasteiger partial charge on any atom is 0.316 e. The van der Waals surface area contributed by atoms with Gasteiger partial charge in [0.05, 0.1) is 17.2 Å². The zero-order valence-corrected chi connectivity index (χ0v) is 20.3. The fourth-order valence-corrected chi connectivity index (χ4v) is 5.02. The number of aromatic nitrogens is 3. The number of nitrogens with zero attached hydrogens (tertiary/aromatic N) is 5. The van der Waals surface area contributed by atoms with Gasteiger partial charge in [0, 0.05) is 45.2 Å². The molecule has 0 atom stereocenters. The number of carbonyl (C=O) groups excluding carboxylic acids is 1. The van der Waals surface area contributed by atoms with Crippen LogP contribution in [0.15, 0.2) is 42.7 Å². The molecule has 1 fully saturated rings. The van der Waals surface area contributed by atoms with E-state index in [1.54, 1.807) is 29.5 Å². The number of piperidine rings is 1. The highest BCUT2D eigenvalue weighted by molar-refractivity contribution is 7.18. The fourth-order valence-electron chi connectivity index (χ4n) is 3.87. The van der Waals surface area contributed by atoms with Crippen LogP contribution in [0.4, 0.5) is 21.6 Å². The van der Waals surface area contributed by atoms with Gasteiger partial charge in [-0.25, -0.2) is 15.0 Å². The summed E-state index contributed by atoms with van der Waals surface area (Å²) in [6.07, 6.45) is 5.34. The molecule has 0 aliphatic carbocycles. The third-order valence-corrected chi connectivity index (χ3v) is 6.90. The maximum absolute atomic E-state index is 11.5. The Morgan fingerprint density at radius 2 is 2.09 bits per heavy atom. The summed E-state index contributed by atoms with van der Waals surface area (Å²) in [6.45, 7) is 4.66. The topological polar surface area (TPSA) is 83.5 Å². The molecule has 3 aromatic heterocycles. The van der Waals surface area contributed by atoms with E-state index in [0.29, 0.717) is 19.7 Å². The lowest BCUT2D eigenvalue weighted by Crippen LogP contribution is -2.46. The van der Waals surface area contributed by atoms with E-state index in [9.17, 15) is 4.79 Å². The second kappa shape index (κ2) is 10.9. The van der Waals surface area contributed by atoms with Crippen molar-refractivity contribution < 1.29 is 9.53 Å². The first-order valence-corrected chi connectivity index (χ1v) is 12.1. The minimum Gasteiger partial charge on any atom is -0.383 e. The van der Waals surface area contributed by atoms with Gasteiger partial charge in [-0.15, -0.1) is 0 Å². The first-order chi connectivity index (χ1) is 16.0. The van der Waals surface area contributed by atoms with Crippen LogP contribution in [0.1, 0.15) is 18.4 Å². The van der Waals surface area contributed by atoms with Crippen molar-refractivity contribution in [2.24, 2.45) is 0 Å². The van der Waals surface area contributed by atoms with E-state index in [2.05, 4.69) is 15.2 Å². The molecule has 174 valence electrons. The minimum absolute atomic E-state index is 0.278. The minimum atomic E-state index is -0.381. The number of rotatable bonds is 8. The lowest BCUT2D eigenvalue weighted by Gasteiger charge is -2.37. The van der Waals surface area contributed by atoms with Gasteiger partial charge in [-0.3, -0.25) is 4.79 Å². The first kappa shape index (κ1) is 23.4. The Morgan fingerprint density at radius 1 is 1.27 bits per heavy atom. The molecule has 8 nitrogen and oxygen atoms in total. The number of aryl methyl sites for hydroxylation is 1. The van der Waals surface area contributed by atoms with Gasteiger partial charge >= 0.3 is 5.37 Å². The molecule has 0 aromatic carbocycles. The average molecular weight is 487 g/mol. The van der Waals surface area contributed by atoms with Crippen LogP contribution >= 0.6 is 22.9 Å². The van der Waals surface area contributed by atoms with Crippen LogP contribution in [0.25, 0.3) is 10.6 Å². The molecule has 1 amide bonds. The molecule has 10 heteroatoms. The van der Waals surface area contributed by atoms with Gasteiger partial charge in [-0.05, 0) is 61.2 Å². The van der Waals surface area contributed by atoms with Crippen molar-refractivity contribution in [3.05, 3.63) is 48.3 Å². The highest BCUT2D eigenvalue weighted by atomic mass is 35.5. The molecular formula is C23H27ClN6O2S. The largest absolute Gasteiger partial charge is 0.383 e. The van der Waals surface area contributed by atoms with Crippen molar-refractivity contribution in [3.8, 4) is 10.6 Å². The summed E-state index contributed by atoms with van der Waals surface area (Å²) in [7, 11) is 1.70. The summed E-state index contributed by atoms with van der Waals surface area (Å²) in [4.78, 5) is 30.2. The third-order valence-electron chi connectivity index (χ3n) is 5.60. The van der Waals surface area contributed by atoms with Crippen LogP contribution in [-0.4, -0.2) is 64.6 Å². The van der Waals surface area contributed by atoms with Gasteiger partial charge in [0.25, 0.3) is 0 Å². The molecule has 0 bridgehead atoms. The van der Waals surface area contributed by atoms with Crippen molar-refractivity contribution >= 4 is 45.1 Å². The number of likely N-dealkylation sites (tertiary alicyclic amines) is 1. The van der Waals surface area contributed by atoms with E-state index >= 15 is 0 Å². The van der Waals surface area contributed by atoms with E-state index in [-0.39, 0.29) is 11.4 Å². The van der Waals surface area contributed by atoms with Gasteiger partial charge in [0.1, 0.15) is 11.6 Å². The monoisotopic (exact) mass is 486 g/mol. The highest BCUT2D eigenvalue weighted by Gasteiger charge is 2.28. The van der Waals surface area contributed by atoms with Crippen LogP contribution in [0, 0.1) is 6.92 Å². The number of halogens is 1. The summed E-state index contributed by atoms with van der Waals surface area (Å²) >= 11 is 7.26. The number of ether oxygens (including phenoxy) is 1. The molecule has 4 rings (SSSR count). The lowest BCUT2D eigenvalue weighted by molar-refractivity contribution is 0.189. The van der Waals surface area contributed by atoms with Gasteiger partial charge in [0.15, 0.2) is 5.13 Å². The zero-order valence-electron chi connectivity index (χ0n) is 18.7. The number of thiazole rings is 1. The van der Waals surface area contributed by atoms with Crippen molar-refractivity contribution in [2.75, 3.05) is 43.6 Å². The number of methoxy groups -OCH3 is 1. The number of anilines is 3. The van der Waals surface area contributed by atoms with Gasteiger partial charge in [-0.2, -0.15) is 0 Å². The summed E-state index contributed by atoms with van der Waals surface area (Å²) < 4.78 is 5.34. The molecule has 4 heterocycles. The van der Waals surface area contributed by atoms with Crippen molar-refractivity contribution in [1.29, 1.82) is 0 Å². The molecule has 1 N–H and O–H groups in total. The molecule has 0 radical (unpaired) electrons. The molecule has 0 unspecified atom stereocenters. The van der Waals surface area contributed by atoms with Crippen LogP contribution in [0.2, 0.25) is 0 Å². The molecule has 0 saturated carbocycles. The van der Waals surface area contributed by atoms with E-state index in [4.69, 9.17) is 26.3 Å². The number of nitrogens with one attached hydrogen (secondary N) is 1. The second-order valence-corrected chi connectivity index (χ2v) is 9.25. The number of carbonyl (C=O) groups is 1. The smallest absolute Gasteiger partial charge is 0.316 e. The maximum atomic E-state index is 11.5. The number of pyridine rings is 2. The van der Waals surface area contributed by atoms with Gasteiger partial charge in [-0.1, -0.05) is 17.4 Å². The van der Waals surface area contributed by atoms with E-state index in [1.807, 2.05) is 43.5 Å². The number of amides is 1. The second-order valence-electron chi connectivity index (χ2n) is 7.92. The van der Waals surface area contributed by atoms with Crippen molar-refractivity contribution in [2.45, 2.75) is 25.8 Å². The molecule has 1 aliphatic rings. The quantitative estimate of drug-likeness (QED) is 0.357. The van der Waals surface area contributed by atoms with Crippen LogP contribution in [0.3, 0.4) is 0 Å². The molecule has 0 spiro atoms. The predicted molar refractivity (Wildman–Crippen MR) is 133 cm³/mol. The molecule has 33 heavy (non-hydrogen) atoms. The van der Waals surface area contributed by atoms with E-state index < -0.39 is 0 Å². The molecule has 3 aromatic rings. The summed E-state index contributed by atoms with van der Waals surface area (Å²) in [5, 5.41) is 3.82. The molecule has 1 saturated heterocycles. The zero-order chi connectivity index (χ0) is 23.2. The van der Waals surface area contributed by atoms with Crippen LogP contribution in [-0.2, 0) is 4.74 Å². The van der Waals surface area contributed by atoms with Gasteiger partial charge in [0.2, 0.25) is 0 Å². The lowest BCUT2D eigenvalue weighted by atomic mass is 10.0. The molecular weight excluding hydrogens is 460 g/mol. The highest BCUT2D eigenvalue weighted by Crippen LogP contribution is 2.33. The summed E-state index contributed by atoms with van der Waals surface area (Å²) in [5.74, 6) is 1.49. The Balaban J connectivity index is 1.51. The Morgan fingerprint density at radius 3 is 2.82 bits per heavy atom. The Hall–Kier alpha value is -2.75.